The number of aryl methyl sites for hydroxylation is 2. The molecule has 158 valence electrons. The van der Waals surface area contributed by atoms with Crippen LogP contribution >= 0.6 is 0 Å². The summed E-state index contributed by atoms with van der Waals surface area (Å²) in [7, 11) is -2.13. The topological polar surface area (TPSA) is 75.7 Å². The van der Waals surface area contributed by atoms with E-state index in [9.17, 15) is 13.2 Å². The largest absolute Gasteiger partial charge is 0.497 e. The lowest BCUT2D eigenvalue weighted by atomic mass is 10.00. The molecule has 0 fully saturated rings. The Morgan fingerprint density at radius 2 is 1.76 bits per heavy atom. The number of carbonyl (C=O) groups excluding carboxylic acids is 1. The molecule has 0 heterocycles. The molecule has 0 aliphatic rings. The van der Waals surface area contributed by atoms with Crippen molar-refractivity contribution in [2.75, 3.05) is 17.7 Å². The van der Waals surface area contributed by atoms with Crippen molar-refractivity contribution in [2.45, 2.75) is 46.2 Å². The van der Waals surface area contributed by atoms with Gasteiger partial charge in [0.05, 0.1) is 25.1 Å². The van der Waals surface area contributed by atoms with Crippen LogP contribution in [0.15, 0.2) is 42.5 Å². The third kappa shape index (κ3) is 5.50. The quantitative estimate of drug-likeness (QED) is 0.709. The first-order valence-electron chi connectivity index (χ1n) is 9.59. The van der Waals surface area contributed by atoms with Crippen LogP contribution in [0.4, 0.5) is 5.69 Å². The highest BCUT2D eigenvalue weighted by Crippen LogP contribution is 2.26. The lowest BCUT2D eigenvalue weighted by molar-refractivity contribution is -0.122. The fraction of sp³-hybridized carbons (Fsp3) is 0.409. The lowest BCUT2D eigenvalue weighted by Crippen LogP contribution is -2.49. The van der Waals surface area contributed by atoms with Gasteiger partial charge in [0.25, 0.3) is 0 Å². The van der Waals surface area contributed by atoms with E-state index in [-0.39, 0.29) is 11.9 Å². The zero-order valence-electron chi connectivity index (χ0n) is 17.9. The fourth-order valence-corrected chi connectivity index (χ4v) is 4.70. The van der Waals surface area contributed by atoms with Gasteiger partial charge in [-0.05, 0) is 62.6 Å². The van der Waals surface area contributed by atoms with Gasteiger partial charge in [0.15, 0.2) is 0 Å². The standard InChI is InChI=1S/C22H30N2O4S/c1-7-21(22(25)23-17(4)20-13-8-15(2)14-16(20)3)24(29(6,26)27)18-9-11-19(28-5)12-10-18/h8-14,17,21H,7H2,1-6H3,(H,23,25)/t17-,21-/m1/s1. The summed E-state index contributed by atoms with van der Waals surface area (Å²) in [6.07, 6.45) is 1.45. The number of rotatable bonds is 8. The zero-order valence-corrected chi connectivity index (χ0v) is 18.7. The Labute approximate surface area is 173 Å². The molecule has 0 radical (unpaired) electrons. The monoisotopic (exact) mass is 418 g/mol. The van der Waals surface area contributed by atoms with E-state index in [0.717, 1.165) is 22.9 Å². The summed E-state index contributed by atoms with van der Waals surface area (Å²) < 4.78 is 31.4. The molecule has 0 saturated heterocycles. The van der Waals surface area contributed by atoms with Crippen molar-refractivity contribution in [1.82, 2.24) is 5.32 Å². The minimum absolute atomic E-state index is 0.241. The number of amides is 1. The Bertz CT molecular complexity index is 955. The highest BCUT2D eigenvalue weighted by atomic mass is 32.2. The summed E-state index contributed by atoms with van der Waals surface area (Å²) in [4.78, 5) is 13.1. The summed E-state index contributed by atoms with van der Waals surface area (Å²) in [5.74, 6) is 0.282. The minimum Gasteiger partial charge on any atom is -0.497 e. The van der Waals surface area contributed by atoms with E-state index in [2.05, 4.69) is 11.4 Å². The molecule has 1 N–H and O–H groups in total. The van der Waals surface area contributed by atoms with Gasteiger partial charge in [0.1, 0.15) is 11.8 Å². The number of nitrogens with one attached hydrogen (secondary N) is 1. The van der Waals surface area contributed by atoms with Crippen LogP contribution in [0.2, 0.25) is 0 Å². The van der Waals surface area contributed by atoms with Gasteiger partial charge in [0.2, 0.25) is 15.9 Å². The van der Waals surface area contributed by atoms with Gasteiger partial charge in [-0.25, -0.2) is 8.42 Å². The Hall–Kier alpha value is -2.54. The molecule has 0 spiro atoms. The number of anilines is 1. The highest BCUT2D eigenvalue weighted by Gasteiger charge is 2.32. The average Bonchev–Trinajstić information content (AvgIpc) is 2.64. The highest BCUT2D eigenvalue weighted by molar-refractivity contribution is 7.92. The molecule has 0 unspecified atom stereocenters. The van der Waals surface area contributed by atoms with E-state index in [4.69, 9.17) is 4.74 Å². The number of hydrogen-bond acceptors (Lipinski definition) is 4. The molecular weight excluding hydrogens is 388 g/mol. The van der Waals surface area contributed by atoms with Crippen LogP contribution in [-0.4, -0.2) is 33.7 Å². The van der Waals surface area contributed by atoms with Crippen molar-refractivity contribution in [2.24, 2.45) is 0 Å². The van der Waals surface area contributed by atoms with E-state index < -0.39 is 16.1 Å². The molecule has 0 bridgehead atoms. The second-order valence-corrected chi connectivity index (χ2v) is 9.13. The summed E-state index contributed by atoms with van der Waals surface area (Å²) in [6, 6.07) is 11.6. The first-order valence-corrected chi connectivity index (χ1v) is 11.4. The van der Waals surface area contributed by atoms with Crippen molar-refractivity contribution < 1.29 is 17.9 Å². The lowest BCUT2D eigenvalue weighted by Gasteiger charge is -2.31. The van der Waals surface area contributed by atoms with Crippen LogP contribution in [0.3, 0.4) is 0 Å². The Kier molecular flexibility index (Phi) is 7.30. The van der Waals surface area contributed by atoms with Crippen LogP contribution < -0.4 is 14.4 Å². The van der Waals surface area contributed by atoms with Crippen LogP contribution in [0, 0.1) is 13.8 Å². The van der Waals surface area contributed by atoms with Gasteiger partial charge in [-0.2, -0.15) is 0 Å². The molecule has 6 nitrogen and oxygen atoms in total. The van der Waals surface area contributed by atoms with Crippen molar-refractivity contribution in [3.05, 3.63) is 59.2 Å². The summed E-state index contributed by atoms with van der Waals surface area (Å²) >= 11 is 0. The molecule has 2 aromatic rings. The Morgan fingerprint density at radius 3 is 2.24 bits per heavy atom. The fourth-order valence-electron chi connectivity index (χ4n) is 3.49. The maximum Gasteiger partial charge on any atom is 0.244 e. The van der Waals surface area contributed by atoms with Crippen LogP contribution in [0.25, 0.3) is 0 Å². The molecule has 0 saturated carbocycles. The molecule has 2 rings (SSSR count). The molecule has 2 aromatic carbocycles. The number of hydrogen-bond donors (Lipinski definition) is 1. The minimum atomic E-state index is -3.68. The van der Waals surface area contributed by atoms with Gasteiger partial charge in [0, 0.05) is 0 Å². The SMILES string of the molecule is CC[C@H](C(=O)N[C@H](C)c1ccc(C)cc1C)N(c1ccc(OC)cc1)S(C)(=O)=O. The Morgan fingerprint density at radius 1 is 1.14 bits per heavy atom. The van der Waals surface area contributed by atoms with Crippen LogP contribution in [-0.2, 0) is 14.8 Å². The van der Waals surface area contributed by atoms with Gasteiger partial charge in [-0.15, -0.1) is 0 Å². The number of nitrogens with zero attached hydrogens (tertiary/aromatic N) is 1. The van der Waals surface area contributed by atoms with E-state index in [0.29, 0.717) is 17.9 Å². The summed E-state index contributed by atoms with van der Waals surface area (Å²) in [6.45, 7) is 7.72. The number of ether oxygens (including phenoxy) is 1. The molecule has 2 atom stereocenters. The summed E-state index contributed by atoms with van der Waals surface area (Å²) in [5.41, 5.74) is 3.67. The predicted molar refractivity (Wildman–Crippen MR) is 117 cm³/mol. The van der Waals surface area contributed by atoms with Crippen molar-refractivity contribution in [3.8, 4) is 5.75 Å². The molecule has 7 heteroatoms. The second kappa shape index (κ2) is 9.31. The zero-order chi connectivity index (χ0) is 21.8. The van der Waals surface area contributed by atoms with Gasteiger partial charge >= 0.3 is 0 Å². The molecule has 29 heavy (non-hydrogen) atoms. The van der Waals surface area contributed by atoms with Crippen molar-refractivity contribution in [1.29, 1.82) is 0 Å². The molecule has 1 amide bonds. The maximum absolute atomic E-state index is 13.1. The number of methoxy groups -OCH3 is 1. The first-order chi connectivity index (χ1) is 13.6. The van der Waals surface area contributed by atoms with Gasteiger partial charge < -0.3 is 10.1 Å². The maximum atomic E-state index is 13.1. The third-order valence-corrected chi connectivity index (χ3v) is 6.09. The third-order valence-electron chi connectivity index (χ3n) is 4.91. The number of benzene rings is 2. The van der Waals surface area contributed by atoms with Crippen molar-refractivity contribution in [3.63, 3.8) is 0 Å². The normalized spacial score (nSPS) is 13.4. The number of carbonyl (C=O) groups is 1. The van der Waals surface area contributed by atoms with Crippen LogP contribution in [0.5, 0.6) is 5.75 Å². The van der Waals surface area contributed by atoms with Gasteiger partial charge in [-0.3, -0.25) is 9.10 Å². The first kappa shape index (κ1) is 22.7. The number of sulfonamides is 1. The molecule has 0 aliphatic heterocycles. The van der Waals surface area contributed by atoms with E-state index >= 15 is 0 Å². The molecule has 0 aromatic heterocycles. The smallest absolute Gasteiger partial charge is 0.244 e. The molecule has 0 aliphatic carbocycles. The van der Waals surface area contributed by atoms with Gasteiger partial charge in [-0.1, -0.05) is 30.7 Å². The van der Waals surface area contributed by atoms with E-state index in [1.54, 1.807) is 38.3 Å². The summed E-state index contributed by atoms with van der Waals surface area (Å²) in [5, 5.41) is 2.98. The van der Waals surface area contributed by atoms with E-state index in [1.807, 2.05) is 32.9 Å². The molecular formula is C22H30N2O4S. The average molecular weight is 419 g/mol. The second-order valence-electron chi connectivity index (χ2n) is 7.27. The predicted octanol–water partition coefficient (Wildman–Crippen LogP) is 3.73. The van der Waals surface area contributed by atoms with Crippen LogP contribution in [0.1, 0.15) is 43.0 Å². The van der Waals surface area contributed by atoms with E-state index in [1.165, 1.54) is 4.31 Å². The van der Waals surface area contributed by atoms with Crippen molar-refractivity contribution >= 4 is 21.6 Å². The Balaban J connectivity index is 2.32.